The molecule has 0 aliphatic carbocycles. The fourth-order valence-electron chi connectivity index (χ4n) is 1.19. The number of para-hydroxylation sites is 1. The maximum atomic E-state index is 12.0. The molecule has 0 N–H and O–H groups in total. The van der Waals surface area contributed by atoms with Crippen molar-refractivity contribution in [2.45, 2.75) is 6.36 Å². The molecule has 0 spiro atoms. The van der Waals surface area contributed by atoms with Crippen LogP contribution in [0.2, 0.25) is 0 Å². The number of esters is 1. The summed E-state index contributed by atoms with van der Waals surface area (Å²) in [5.74, 6) is -2.20. The third kappa shape index (κ3) is 3.09. The molecule has 0 unspecified atom stereocenters. The number of methoxy groups -OCH3 is 1. The van der Waals surface area contributed by atoms with E-state index in [4.69, 9.17) is 0 Å². The lowest BCUT2D eigenvalue weighted by atomic mass is 10.1. The van der Waals surface area contributed by atoms with Gasteiger partial charge >= 0.3 is 18.0 Å². The zero-order valence-electron chi connectivity index (χ0n) is 8.85. The van der Waals surface area contributed by atoms with Gasteiger partial charge in [0.1, 0.15) is 5.56 Å². The number of hydrogen-bond donors (Lipinski definition) is 0. The molecule has 6 nitrogen and oxygen atoms in total. The van der Waals surface area contributed by atoms with Crippen molar-refractivity contribution in [3.8, 4) is 5.75 Å². The molecule has 0 aromatic heterocycles. The summed E-state index contributed by atoms with van der Waals surface area (Å²) in [6.07, 6.45) is -5.10. The fourth-order valence-corrected chi connectivity index (χ4v) is 1.19. The smallest absolute Gasteiger partial charge is 0.465 e. The van der Waals surface area contributed by atoms with Crippen LogP contribution in [0.1, 0.15) is 10.4 Å². The van der Waals surface area contributed by atoms with E-state index in [1.807, 2.05) is 0 Å². The molecule has 1 aromatic carbocycles. The second-order valence-corrected chi connectivity index (χ2v) is 2.95. The van der Waals surface area contributed by atoms with Crippen molar-refractivity contribution in [3.05, 3.63) is 33.9 Å². The molecule has 0 bridgehead atoms. The number of benzene rings is 1. The molecule has 0 heterocycles. The van der Waals surface area contributed by atoms with E-state index >= 15 is 0 Å². The number of rotatable bonds is 3. The van der Waals surface area contributed by atoms with Crippen molar-refractivity contribution in [1.82, 2.24) is 0 Å². The Hall–Kier alpha value is -2.32. The average molecular weight is 265 g/mol. The van der Waals surface area contributed by atoms with Crippen LogP contribution in [0.15, 0.2) is 18.2 Å². The third-order valence-electron chi connectivity index (χ3n) is 1.81. The minimum Gasteiger partial charge on any atom is -0.465 e. The Labute approximate surface area is 98.1 Å². The van der Waals surface area contributed by atoms with Gasteiger partial charge in [-0.1, -0.05) is 6.07 Å². The van der Waals surface area contributed by atoms with E-state index in [2.05, 4.69) is 9.47 Å². The highest BCUT2D eigenvalue weighted by atomic mass is 19.4. The highest BCUT2D eigenvalue weighted by Crippen LogP contribution is 2.34. The summed E-state index contributed by atoms with van der Waals surface area (Å²) in [5.41, 5.74) is -1.72. The highest BCUT2D eigenvalue weighted by Gasteiger charge is 2.36. The molecule has 1 aromatic rings. The first-order valence-electron chi connectivity index (χ1n) is 4.37. The van der Waals surface area contributed by atoms with Crippen LogP contribution in [0, 0.1) is 10.1 Å². The quantitative estimate of drug-likeness (QED) is 0.476. The molecular weight excluding hydrogens is 259 g/mol. The minimum absolute atomic E-state index is 0.621. The Morgan fingerprint density at radius 1 is 1.39 bits per heavy atom. The lowest BCUT2D eigenvalue weighted by molar-refractivity contribution is -0.389. The second kappa shape index (κ2) is 4.90. The van der Waals surface area contributed by atoms with Crippen LogP contribution in [0.4, 0.5) is 18.9 Å². The van der Waals surface area contributed by atoms with E-state index in [1.165, 1.54) is 0 Å². The number of hydrogen-bond acceptors (Lipinski definition) is 5. The predicted molar refractivity (Wildman–Crippen MR) is 51.1 cm³/mol. The van der Waals surface area contributed by atoms with Gasteiger partial charge in [0, 0.05) is 0 Å². The van der Waals surface area contributed by atoms with Gasteiger partial charge in [-0.15, -0.1) is 13.2 Å². The van der Waals surface area contributed by atoms with Gasteiger partial charge < -0.3 is 9.47 Å². The number of ether oxygens (including phenoxy) is 2. The molecule has 1 rings (SSSR count). The van der Waals surface area contributed by atoms with Gasteiger partial charge in [-0.25, -0.2) is 4.79 Å². The number of halogens is 3. The molecule has 0 radical (unpaired) electrons. The first kappa shape index (κ1) is 13.7. The zero-order valence-corrected chi connectivity index (χ0v) is 8.85. The van der Waals surface area contributed by atoms with Crippen molar-refractivity contribution in [2.75, 3.05) is 7.11 Å². The van der Waals surface area contributed by atoms with E-state index < -0.39 is 34.3 Å². The minimum atomic E-state index is -5.10. The van der Waals surface area contributed by atoms with Crippen LogP contribution in [-0.2, 0) is 4.74 Å². The van der Waals surface area contributed by atoms with E-state index in [0.29, 0.717) is 0 Å². The molecule has 0 aliphatic rings. The summed E-state index contributed by atoms with van der Waals surface area (Å²) in [6, 6.07) is 2.71. The van der Waals surface area contributed by atoms with Crippen molar-refractivity contribution < 1.29 is 32.4 Å². The van der Waals surface area contributed by atoms with E-state index in [1.54, 1.807) is 0 Å². The molecule has 0 aliphatic heterocycles. The lowest BCUT2D eigenvalue weighted by Gasteiger charge is -2.10. The summed E-state index contributed by atoms with van der Waals surface area (Å²) in [4.78, 5) is 20.7. The van der Waals surface area contributed by atoms with Gasteiger partial charge in [0.2, 0.25) is 5.75 Å². The Kier molecular flexibility index (Phi) is 3.74. The fraction of sp³-hybridized carbons (Fsp3) is 0.222. The number of alkyl halides is 3. The molecule has 0 amide bonds. The van der Waals surface area contributed by atoms with Crippen molar-refractivity contribution in [1.29, 1.82) is 0 Å². The number of nitrogens with zero attached hydrogens (tertiary/aromatic N) is 1. The summed E-state index contributed by atoms with van der Waals surface area (Å²) in [6.45, 7) is 0. The van der Waals surface area contributed by atoms with E-state index in [0.717, 1.165) is 25.3 Å². The van der Waals surface area contributed by atoms with Gasteiger partial charge in [0.25, 0.3) is 0 Å². The monoisotopic (exact) mass is 265 g/mol. The molecule has 0 saturated carbocycles. The van der Waals surface area contributed by atoms with Gasteiger partial charge in [-0.3, -0.25) is 10.1 Å². The molecule has 18 heavy (non-hydrogen) atoms. The van der Waals surface area contributed by atoms with Crippen molar-refractivity contribution >= 4 is 11.7 Å². The number of carbonyl (C=O) groups is 1. The summed E-state index contributed by atoms with van der Waals surface area (Å²) >= 11 is 0. The van der Waals surface area contributed by atoms with E-state index in [9.17, 15) is 28.1 Å². The largest absolute Gasteiger partial charge is 0.573 e. The highest BCUT2D eigenvalue weighted by molar-refractivity contribution is 5.95. The average Bonchev–Trinajstić information content (AvgIpc) is 2.25. The molecular formula is C9H6F3NO5. The maximum Gasteiger partial charge on any atom is 0.573 e. The van der Waals surface area contributed by atoms with Gasteiger partial charge in [0.05, 0.1) is 12.0 Å². The zero-order chi connectivity index (χ0) is 13.9. The molecule has 98 valence electrons. The van der Waals surface area contributed by atoms with Crippen molar-refractivity contribution in [2.24, 2.45) is 0 Å². The number of nitro benzene ring substituents is 1. The van der Waals surface area contributed by atoms with Crippen molar-refractivity contribution in [3.63, 3.8) is 0 Å². The molecule has 0 fully saturated rings. The van der Waals surface area contributed by atoms with Crippen LogP contribution in [0.25, 0.3) is 0 Å². The SMILES string of the molecule is COC(=O)c1cccc(OC(F)(F)F)c1[N+](=O)[O-]. The normalized spacial score (nSPS) is 10.9. The van der Waals surface area contributed by atoms with Crippen LogP contribution < -0.4 is 4.74 Å². The predicted octanol–water partition coefficient (Wildman–Crippen LogP) is 2.28. The van der Waals surface area contributed by atoms with Crippen LogP contribution in [0.5, 0.6) is 5.75 Å². The van der Waals surface area contributed by atoms with Crippen LogP contribution in [0.3, 0.4) is 0 Å². The van der Waals surface area contributed by atoms with Gasteiger partial charge in [0.15, 0.2) is 0 Å². The van der Waals surface area contributed by atoms with Crippen LogP contribution in [-0.4, -0.2) is 24.4 Å². The summed E-state index contributed by atoms with van der Waals surface area (Å²) < 4.78 is 43.8. The standard InChI is InChI=1S/C9H6F3NO5/c1-17-8(14)5-3-2-4-6(7(5)13(15)16)18-9(10,11)12/h2-4H,1H3. The van der Waals surface area contributed by atoms with Gasteiger partial charge in [-0.2, -0.15) is 0 Å². The lowest BCUT2D eigenvalue weighted by Crippen LogP contribution is -2.19. The van der Waals surface area contributed by atoms with E-state index in [-0.39, 0.29) is 0 Å². The Balaban J connectivity index is 3.35. The Bertz CT molecular complexity index is 486. The Morgan fingerprint density at radius 3 is 2.44 bits per heavy atom. The van der Waals surface area contributed by atoms with Gasteiger partial charge in [-0.05, 0) is 12.1 Å². The summed E-state index contributed by atoms with van der Waals surface area (Å²) in [7, 11) is 0.948. The Morgan fingerprint density at radius 2 is 2.00 bits per heavy atom. The first-order chi connectivity index (χ1) is 8.26. The molecule has 0 saturated heterocycles. The number of carbonyl (C=O) groups excluding carboxylic acids is 1. The molecule has 9 heteroatoms. The number of nitro groups is 1. The maximum absolute atomic E-state index is 12.0. The second-order valence-electron chi connectivity index (χ2n) is 2.95. The third-order valence-corrected chi connectivity index (χ3v) is 1.81. The summed E-state index contributed by atoms with van der Waals surface area (Å²) in [5, 5.41) is 10.7. The topological polar surface area (TPSA) is 78.7 Å². The first-order valence-corrected chi connectivity index (χ1v) is 4.37. The van der Waals surface area contributed by atoms with Crippen LogP contribution >= 0.6 is 0 Å². The molecule has 0 atom stereocenters.